The number of rotatable bonds is 5. The van der Waals surface area contributed by atoms with Crippen LogP contribution in [0, 0.1) is 20.8 Å². The second-order valence-corrected chi connectivity index (χ2v) is 7.30. The first-order valence-electron chi connectivity index (χ1n) is 9.96. The number of nitrogens with one attached hydrogen (secondary N) is 1. The summed E-state index contributed by atoms with van der Waals surface area (Å²) < 4.78 is 7.53. The Bertz CT molecular complexity index is 1180. The predicted octanol–water partition coefficient (Wildman–Crippen LogP) is 5.27. The van der Waals surface area contributed by atoms with E-state index < -0.39 is 0 Å². The maximum Gasteiger partial charge on any atom is 0.259 e. The second kappa shape index (κ2) is 7.99. The number of hydrogen-bond acceptors (Lipinski definition) is 4. The van der Waals surface area contributed by atoms with Crippen LogP contribution in [0.15, 0.2) is 59.1 Å². The van der Waals surface area contributed by atoms with Gasteiger partial charge < -0.3 is 9.73 Å². The summed E-state index contributed by atoms with van der Waals surface area (Å²) in [6.07, 6.45) is 2.31. The minimum Gasteiger partial charge on any atom is -0.441 e. The van der Waals surface area contributed by atoms with Crippen LogP contribution >= 0.6 is 0 Å². The van der Waals surface area contributed by atoms with Crippen LogP contribution in [0.3, 0.4) is 0 Å². The normalized spacial score (nSPS) is 10.9. The summed E-state index contributed by atoms with van der Waals surface area (Å²) in [5.74, 6) is 1.14. The molecule has 30 heavy (non-hydrogen) atoms. The van der Waals surface area contributed by atoms with Crippen LogP contribution in [0.25, 0.3) is 17.1 Å². The molecule has 1 N–H and O–H groups in total. The standard InChI is InChI=1S/C24H24N4O2/c1-5-22-21(14-25-28(22)20-11-9-15(2)10-12-20)23(29)27-19-8-6-7-18(13-19)24-26-16(3)17(4)30-24/h6-14H,5H2,1-4H3,(H,27,29). The Balaban J connectivity index is 1.60. The number of carbonyl (C=O) groups is 1. The average molecular weight is 400 g/mol. The van der Waals surface area contributed by atoms with Crippen molar-refractivity contribution in [2.45, 2.75) is 34.1 Å². The van der Waals surface area contributed by atoms with Crippen LogP contribution in [0.1, 0.15) is 40.0 Å². The Morgan fingerprint density at radius 2 is 1.87 bits per heavy atom. The Morgan fingerprint density at radius 1 is 1.10 bits per heavy atom. The van der Waals surface area contributed by atoms with E-state index >= 15 is 0 Å². The topological polar surface area (TPSA) is 73.0 Å². The third-order valence-corrected chi connectivity index (χ3v) is 5.12. The van der Waals surface area contributed by atoms with E-state index in [1.807, 2.05) is 80.9 Å². The van der Waals surface area contributed by atoms with Crippen LogP contribution in [-0.2, 0) is 6.42 Å². The highest BCUT2D eigenvalue weighted by molar-refractivity contribution is 6.05. The van der Waals surface area contributed by atoms with Crippen molar-refractivity contribution in [2.24, 2.45) is 0 Å². The molecule has 0 fully saturated rings. The molecule has 6 heteroatoms. The van der Waals surface area contributed by atoms with E-state index in [4.69, 9.17) is 4.42 Å². The summed E-state index contributed by atoms with van der Waals surface area (Å²) in [7, 11) is 0. The summed E-state index contributed by atoms with van der Waals surface area (Å²) in [5.41, 5.74) is 5.89. The van der Waals surface area contributed by atoms with Crippen molar-refractivity contribution in [3.8, 4) is 17.1 Å². The van der Waals surface area contributed by atoms with Gasteiger partial charge in [-0.15, -0.1) is 0 Å². The van der Waals surface area contributed by atoms with E-state index in [1.165, 1.54) is 5.56 Å². The fourth-order valence-electron chi connectivity index (χ4n) is 3.34. The molecule has 2 aromatic carbocycles. The van der Waals surface area contributed by atoms with Crippen molar-refractivity contribution in [3.05, 3.63) is 83.0 Å². The molecule has 0 aliphatic rings. The monoisotopic (exact) mass is 400 g/mol. The second-order valence-electron chi connectivity index (χ2n) is 7.30. The first-order valence-corrected chi connectivity index (χ1v) is 9.96. The summed E-state index contributed by atoms with van der Waals surface area (Å²) in [6, 6.07) is 15.6. The number of hydrogen-bond donors (Lipinski definition) is 1. The highest BCUT2D eigenvalue weighted by atomic mass is 16.4. The van der Waals surface area contributed by atoms with Crippen molar-refractivity contribution in [2.75, 3.05) is 5.32 Å². The van der Waals surface area contributed by atoms with Gasteiger partial charge in [-0.3, -0.25) is 4.79 Å². The molecule has 0 unspecified atom stereocenters. The van der Waals surface area contributed by atoms with Crippen molar-refractivity contribution in [1.29, 1.82) is 0 Å². The predicted molar refractivity (Wildman–Crippen MR) is 117 cm³/mol. The molecule has 4 aromatic rings. The lowest BCUT2D eigenvalue weighted by molar-refractivity contribution is 0.102. The lowest BCUT2D eigenvalue weighted by Crippen LogP contribution is -2.14. The molecule has 0 saturated carbocycles. The molecule has 0 spiro atoms. The molecule has 2 heterocycles. The summed E-state index contributed by atoms with van der Waals surface area (Å²) in [5, 5.41) is 7.43. The molecule has 6 nitrogen and oxygen atoms in total. The molecule has 0 atom stereocenters. The van der Waals surface area contributed by atoms with Gasteiger partial charge in [0.05, 0.1) is 28.8 Å². The Labute approximate surface area is 175 Å². The van der Waals surface area contributed by atoms with Gasteiger partial charge in [0, 0.05) is 11.3 Å². The minimum absolute atomic E-state index is 0.192. The zero-order valence-electron chi connectivity index (χ0n) is 17.6. The van der Waals surface area contributed by atoms with Crippen LogP contribution < -0.4 is 5.32 Å². The van der Waals surface area contributed by atoms with E-state index in [2.05, 4.69) is 15.4 Å². The number of amides is 1. The number of benzene rings is 2. The van der Waals surface area contributed by atoms with E-state index in [-0.39, 0.29) is 5.91 Å². The molecule has 0 aliphatic carbocycles. The molecule has 0 bridgehead atoms. The molecule has 152 valence electrons. The van der Waals surface area contributed by atoms with Crippen molar-refractivity contribution in [1.82, 2.24) is 14.8 Å². The van der Waals surface area contributed by atoms with Gasteiger partial charge in [-0.1, -0.05) is 30.7 Å². The molecule has 0 aliphatic heterocycles. The van der Waals surface area contributed by atoms with Gasteiger partial charge in [0.2, 0.25) is 5.89 Å². The van der Waals surface area contributed by atoms with Crippen LogP contribution in [0.2, 0.25) is 0 Å². The van der Waals surface area contributed by atoms with Crippen molar-refractivity contribution >= 4 is 11.6 Å². The largest absolute Gasteiger partial charge is 0.441 e. The van der Waals surface area contributed by atoms with Gasteiger partial charge in [0.15, 0.2) is 0 Å². The molecule has 4 rings (SSSR count). The molecule has 0 saturated heterocycles. The Kier molecular flexibility index (Phi) is 5.23. The van der Waals surface area contributed by atoms with E-state index in [0.29, 0.717) is 23.6 Å². The number of aryl methyl sites for hydroxylation is 3. The number of carbonyl (C=O) groups excluding carboxylic acids is 1. The summed E-state index contributed by atoms with van der Waals surface area (Å²) >= 11 is 0. The Morgan fingerprint density at radius 3 is 2.53 bits per heavy atom. The third kappa shape index (κ3) is 3.76. The lowest BCUT2D eigenvalue weighted by atomic mass is 10.1. The fourth-order valence-corrected chi connectivity index (χ4v) is 3.34. The SMILES string of the molecule is CCc1c(C(=O)Nc2cccc(-c3nc(C)c(C)o3)c2)cnn1-c1ccc(C)cc1. The molecule has 1 amide bonds. The average Bonchev–Trinajstić information content (AvgIpc) is 3.32. The molecule has 0 radical (unpaired) electrons. The van der Waals surface area contributed by atoms with E-state index in [9.17, 15) is 4.79 Å². The van der Waals surface area contributed by atoms with Crippen LogP contribution in [0.5, 0.6) is 0 Å². The first kappa shape index (κ1) is 19.6. The number of aromatic nitrogens is 3. The summed E-state index contributed by atoms with van der Waals surface area (Å²) in [6.45, 7) is 7.86. The zero-order valence-corrected chi connectivity index (χ0v) is 17.6. The van der Waals surface area contributed by atoms with Gasteiger partial charge in [-0.25, -0.2) is 9.67 Å². The molecule has 2 aromatic heterocycles. The number of anilines is 1. The van der Waals surface area contributed by atoms with Gasteiger partial charge in [-0.05, 0) is 57.5 Å². The van der Waals surface area contributed by atoms with Gasteiger partial charge >= 0.3 is 0 Å². The van der Waals surface area contributed by atoms with E-state index in [1.54, 1.807) is 6.20 Å². The van der Waals surface area contributed by atoms with Crippen molar-refractivity contribution in [3.63, 3.8) is 0 Å². The molecular formula is C24H24N4O2. The van der Waals surface area contributed by atoms with Crippen LogP contribution in [-0.4, -0.2) is 20.7 Å². The molecular weight excluding hydrogens is 376 g/mol. The quantitative estimate of drug-likeness (QED) is 0.495. The smallest absolute Gasteiger partial charge is 0.259 e. The summed E-state index contributed by atoms with van der Waals surface area (Å²) in [4.78, 5) is 17.4. The Hall–Kier alpha value is -3.67. The number of nitrogens with zero attached hydrogens (tertiary/aromatic N) is 3. The van der Waals surface area contributed by atoms with Gasteiger partial charge in [0.25, 0.3) is 5.91 Å². The minimum atomic E-state index is -0.192. The lowest BCUT2D eigenvalue weighted by Gasteiger charge is -2.09. The van der Waals surface area contributed by atoms with Crippen LogP contribution in [0.4, 0.5) is 5.69 Å². The maximum absolute atomic E-state index is 13.0. The van der Waals surface area contributed by atoms with Gasteiger partial charge in [0.1, 0.15) is 5.76 Å². The zero-order chi connectivity index (χ0) is 21.3. The van der Waals surface area contributed by atoms with Crippen molar-refractivity contribution < 1.29 is 9.21 Å². The first-order chi connectivity index (χ1) is 14.5. The van der Waals surface area contributed by atoms with Gasteiger partial charge in [-0.2, -0.15) is 5.10 Å². The maximum atomic E-state index is 13.0. The third-order valence-electron chi connectivity index (χ3n) is 5.12. The highest BCUT2D eigenvalue weighted by Gasteiger charge is 2.18. The highest BCUT2D eigenvalue weighted by Crippen LogP contribution is 2.25. The van der Waals surface area contributed by atoms with E-state index in [0.717, 1.165) is 28.4 Å². The number of oxazole rings is 1. The fraction of sp³-hybridized carbons (Fsp3) is 0.208.